The van der Waals surface area contributed by atoms with Gasteiger partial charge in [0.05, 0.1) is 5.76 Å². The highest BCUT2D eigenvalue weighted by molar-refractivity contribution is 6.74. The van der Waals surface area contributed by atoms with Gasteiger partial charge >= 0.3 is 0 Å². The molecule has 26 heavy (non-hydrogen) atoms. The van der Waals surface area contributed by atoms with E-state index in [1.165, 1.54) is 37.0 Å². The van der Waals surface area contributed by atoms with Gasteiger partial charge in [-0.3, -0.25) is 4.79 Å². The molecule has 0 aromatic carbocycles. The Morgan fingerprint density at radius 3 is 2.38 bits per heavy atom. The maximum atomic E-state index is 13.2. The highest BCUT2D eigenvalue weighted by atomic mass is 28.4. The van der Waals surface area contributed by atoms with E-state index in [4.69, 9.17) is 4.43 Å². The van der Waals surface area contributed by atoms with E-state index in [0.717, 1.165) is 19.3 Å². The Hall–Kier alpha value is -0.573. The fourth-order valence-corrected chi connectivity index (χ4v) is 7.06. The van der Waals surface area contributed by atoms with Crippen molar-refractivity contribution in [2.24, 2.45) is 22.7 Å². The van der Waals surface area contributed by atoms with Crippen molar-refractivity contribution in [1.29, 1.82) is 0 Å². The molecule has 0 saturated heterocycles. The lowest BCUT2D eigenvalue weighted by Gasteiger charge is -2.59. The Labute approximate surface area is 162 Å². The van der Waals surface area contributed by atoms with Gasteiger partial charge in [-0.15, -0.1) is 0 Å². The first-order chi connectivity index (χ1) is 11.8. The molecule has 2 nitrogen and oxygen atoms in total. The Balaban J connectivity index is 1.96. The van der Waals surface area contributed by atoms with Gasteiger partial charge in [-0.25, -0.2) is 0 Å². The van der Waals surface area contributed by atoms with Crippen molar-refractivity contribution in [3.8, 4) is 0 Å². The molecule has 0 radical (unpaired) electrons. The number of rotatable bonds is 2. The summed E-state index contributed by atoms with van der Waals surface area (Å²) >= 11 is 0. The second-order valence-corrected chi connectivity index (χ2v) is 16.2. The number of hydrogen-bond donors (Lipinski definition) is 0. The van der Waals surface area contributed by atoms with Crippen molar-refractivity contribution in [2.75, 3.05) is 0 Å². The van der Waals surface area contributed by atoms with Gasteiger partial charge in [0.25, 0.3) is 0 Å². The normalized spacial score (nSPS) is 38.7. The predicted octanol–water partition coefficient (Wildman–Crippen LogP) is 6.87. The maximum Gasteiger partial charge on any atom is 0.250 e. The average molecular weight is 377 g/mol. The van der Waals surface area contributed by atoms with Gasteiger partial charge in [0, 0.05) is 18.3 Å². The summed E-state index contributed by atoms with van der Waals surface area (Å²) in [6, 6.07) is 0. The highest BCUT2D eigenvalue weighted by Gasteiger charge is 2.59. The zero-order valence-electron chi connectivity index (χ0n) is 18.4. The van der Waals surface area contributed by atoms with Gasteiger partial charge in [0.1, 0.15) is 5.78 Å². The van der Waals surface area contributed by atoms with Crippen LogP contribution in [0.3, 0.4) is 0 Å². The van der Waals surface area contributed by atoms with E-state index >= 15 is 0 Å². The van der Waals surface area contributed by atoms with Crippen LogP contribution in [0, 0.1) is 22.7 Å². The van der Waals surface area contributed by atoms with Crippen LogP contribution in [0.5, 0.6) is 0 Å². The molecule has 0 heterocycles. The minimum Gasteiger partial charge on any atom is -0.547 e. The largest absolute Gasteiger partial charge is 0.547 e. The molecule has 2 fully saturated rings. The van der Waals surface area contributed by atoms with Crippen molar-refractivity contribution in [2.45, 2.75) is 105 Å². The maximum absolute atomic E-state index is 13.2. The van der Waals surface area contributed by atoms with Crippen LogP contribution in [0.4, 0.5) is 0 Å². The van der Waals surface area contributed by atoms with Crippen molar-refractivity contribution in [3.63, 3.8) is 0 Å². The molecule has 2 saturated carbocycles. The number of Topliss-reactive ketones (excluding diaryl/α,β-unsaturated/α-hetero) is 1. The standard InChI is InChI=1S/C23H40O2Si/c1-16-15-23(6)19(14-18(16)25-26(7,8)21(2,3)4)22(5)12-10-9-11-17(22)13-20(23)24/h17,19H,9-15H2,1-8H3/t17-,19+,22+,23-/m0/s1. The van der Waals surface area contributed by atoms with E-state index in [1.807, 2.05) is 0 Å². The van der Waals surface area contributed by atoms with E-state index in [9.17, 15) is 4.79 Å². The van der Waals surface area contributed by atoms with Crippen molar-refractivity contribution >= 4 is 14.1 Å². The molecule has 0 unspecified atom stereocenters. The third kappa shape index (κ3) is 3.02. The summed E-state index contributed by atoms with van der Waals surface area (Å²) in [6.45, 7) is 18.6. The lowest BCUT2D eigenvalue weighted by atomic mass is 9.45. The molecular weight excluding hydrogens is 336 g/mol. The Kier molecular flexibility index (Phi) is 4.82. The minimum absolute atomic E-state index is 0.174. The SMILES string of the molecule is CC1=C(O[Si](C)(C)C(C)(C)C)C[C@@H]2[C@]3(C)CCCC[C@H]3CC(=O)[C@@]2(C)C1. The molecule has 0 bridgehead atoms. The first-order valence-corrected chi connectivity index (χ1v) is 13.6. The van der Waals surface area contributed by atoms with Crippen molar-refractivity contribution < 1.29 is 9.22 Å². The lowest BCUT2D eigenvalue weighted by molar-refractivity contribution is -0.153. The Bertz CT molecular complexity index is 627. The summed E-state index contributed by atoms with van der Waals surface area (Å²) in [5.74, 6) is 2.80. The number of allylic oxidation sites excluding steroid dienone is 2. The van der Waals surface area contributed by atoms with Crippen LogP contribution in [0.2, 0.25) is 18.1 Å². The molecule has 0 N–H and O–H groups in total. The minimum atomic E-state index is -1.84. The monoisotopic (exact) mass is 376 g/mol. The molecular formula is C23H40O2Si. The van der Waals surface area contributed by atoms with Gasteiger partial charge in [-0.1, -0.05) is 47.5 Å². The highest BCUT2D eigenvalue weighted by Crippen LogP contribution is 2.63. The third-order valence-electron chi connectivity index (χ3n) is 8.77. The average Bonchev–Trinajstić information content (AvgIpc) is 2.50. The third-order valence-corrected chi connectivity index (χ3v) is 13.1. The summed E-state index contributed by atoms with van der Waals surface area (Å²) in [6.07, 6.45) is 7.87. The van der Waals surface area contributed by atoms with Gasteiger partial charge in [-0.05, 0) is 67.1 Å². The van der Waals surface area contributed by atoms with E-state index in [-0.39, 0.29) is 10.5 Å². The van der Waals surface area contributed by atoms with Gasteiger partial charge in [0.15, 0.2) is 0 Å². The zero-order chi connectivity index (χ0) is 19.5. The fraction of sp³-hybridized carbons (Fsp3) is 0.870. The van der Waals surface area contributed by atoms with Crippen molar-refractivity contribution in [3.05, 3.63) is 11.3 Å². The van der Waals surface area contributed by atoms with Crippen LogP contribution in [0.15, 0.2) is 11.3 Å². The second-order valence-electron chi connectivity index (χ2n) is 11.5. The summed E-state index contributed by atoms with van der Waals surface area (Å²) in [5, 5.41) is 0.209. The molecule has 3 aliphatic rings. The molecule has 0 aliphatic heterocycles. The number of hydrogen-bond acceptors (Lipinski definition) is 2. The smallest absolute Gasteiger partial charge is 0.250 e. The summed E-state index contributed by atoms with van der Waals surface area (Å²) in [4.78, 5) is 13.2. The first-order valence-electron chi connectivity index (χ1n) is 10.7. The van der Waals surface area contributed by atoms with Crippen LogP contribution < -0.4 is 0 Å². The van der Waals surface area contributed by atoms with Crippen LogP contribution >= 0.6 is 0 Å². The molecule has 4 atom stereocenters. The second kappa shape index (κ2) is 6.22. The fourth-order valence-electron chi connectivity index (χ4n) is 5.88. The molecule has 0 spiro atoms. The Morgan fingerprint density at radius 1 is 1.12 bits per heavy atom. The number of ketones is 1. The lowest BCUT2D eigenvalue weighted by Crippen LogP contribution is -2.56. The van der Waals surface area contributed by atoms with Crippen LogP contribution in [-0.4, -0.2) is 14.1 Å². The predicted molar refractivity (Wildman–Crippen MR) is 112 cm³/mol. The number of fused-ring (bicyclic) bond motifs is 3. The van der Waals surface area contributed by atoms with E-state index in [0.29, 0.717) is 23.0 Å². The summed E-state index contributed by atoms with van der Waals surface area (Å²) in [5.41, 5.74) is 1.47. The van der Waals surface area contributed by atoms with Crippen LogP contribution in [-0.2, 0) is 9.22 Å². The van der Waals surface area contributed by atoms with Crippen LogP contribution in [0.25, 0.3) is 0 Å². The van der Waals surface area contributed by atoms with E-state index in [1.54, 1.807) is 0 Å². The molecule has 3 rings (SSSR count). The molecule has 3 aliphatic carbocycles. The summed E-state index contributed by atoms with van der Waals surface area (Å²) in [7, 11) is -1.84. The topological polar surface area (TPSA) is 26.3 Å². The number of carbonyl (C=O) groups excluding carboxylic acids is 1. The van der Waals surface area contributed by atoms with Gasteiger partial charge in [-0.2, -0.15) is 0 Å². The van der Waals surface area contributed by atoms with E-state index in [2.05, 4.69) is 54.6 Å². The Morgan fingerprint density at radius 2 is 1.77 bits per heavy atom. The zero-order valence-corrected chi connectivity index (χ0v) is 19.4. The number of carbonyl (C=O) groups is 1. The molecule has 0 amide bonds. The van der Waals surface area contributed by atoms with Gasteiger partial charge in [0.2, 0.25) is 8.32 Å². The molecule has 0 aromatic heterocycles. The van der Waals surface area contributed by atoms with Gasteiger partial charge < -0.3 is 4.43 Å². The summed E-state index contributed by atoms with van der Waals surface area (Å²) < 4.78 is 6.82. The molecule has 3 heteroatoms. The quantitative estimate of drug-likeness (QED) is 0.492. The molecule has 148 valence electrons. The van der Waals surface area contributed by atoms with Crippen molar-refractivity contribution in [1.82, 2.24) is 0 Å². The molecule has 0 aromatic rings. The van der Waals surface area contributed by atoms with Crippen LogP contribution in [0.1, 0.15) is 86.5 Å². The first kappa shape index (κ1) is 20.2. The van der Waals surface area contributed by atoms with E-state index < -0.39 is 8.32 Å².